The Kier molecular flexibility index (Phi) is 59.1. The summed E-state index contributed by atoms with van der Waals surface area (Å²) in [7, 11) is 0. The molecule has 0 aliphatic rings. The van der Waals surface area contributed by atoms with Crippen LogP contribution in [0.15, 0.2) is 12.2 Å². The maximum absolute atomic E-state index is 12.9. The van der Waals surface area contributed by atoms with Crippen LogP contribution in [0, 0.1) is 0 Å². The smallest absolute Gasteiger partial charge is 0.306 e. The minimum atomic E-state index is -0.769. The van der Waals surface area contributed by atoms with Gasteiger partial charge in [-0.25, -0.2) is 0 Å². The van der Waals surface area contributed by atoms with E-state index in [9.17, 15) is 14.4 Å². The molecule has 0 N–H and O–H groups in total. The van der Waals surface area contributed by atoms with E-state index < -0.39 is 6.10 Å². The lowest BCUT2D eigenvalue weighted by molar-refractivity contribution is -0.167. The summed E-state index contributed by atoms with van der Waals surface area (Å²) in [5.41, 5.74) is 0. The molecule has 71 heavy (non-hydrogen) atoms. The summed E-state index contributed by atoms with van der Waals surface area (Å²) in [5, 5.41) is 0. The van der Waals surface area contributed by atoms with Crippen molar-refractivity contribution < 1.29 is 28.6 Å². The van der Waals surface area contributed by atoms with Crippen LogP contribution in [-0.2, 0) is 28.6 Å². The second-order valence-corrected chi connectivity index (χ2v) is 22.0. The first-order valence-electron chi connectivity index (χ1n) is 32.2. The molecular weight excluding hydrogens is 877 g/mol. The van der Waals surface area contributed by atoms with Crippen LogP contribution in [0.2, 0.25) is 0 Å². The van der Waals surface area contributed by atoms with E-state index in [1.165, 1.54) is 263 Å². The largest absolute Gasteiger partial charge is 0.462 e. The van der Waals surface area contributed by atoms with E-state index in [-0.39, 0.29) is 31.1 Å². The fourth-order valence-corrected chi connectivity index (χ4v) is 9.91. The van der Waals surface area contributed by atoms with Gasteiger partial charge in [-0.05, 0) is 44.9 Å². The third-order valence-corrected chi connectivity index (χ3v) is 14.8. The van der Waals surface area contributed by atoms with Crippen molar-refractivity contribution in [3.8, 4) is 0 Å². The monoisotopic (exact) mass is 1000 g/mol. The number of carbonyl (C=O) groups is 3. The molecule has 0 saturated carbocycles. The Morgan fingerprint density at radius 2 is 0.465 bits per heavy atom. The zero-order valence-electron chi connectivity index (χ0n) is 48.3. The first-order chi connectivity index (χ1) is 35.0. The van der Waals surface area contributed by atoms with Crippen LogP contribution in [-0.4, -0.2) is 37.2 Å². The van der Waals surface area contributed by atoms with Crippen molar-refractivity contribution in [2.45, 2.75) is 374 Å². The van der Waals surface area contributed by atoms with Crippen molar-refractivity contribution in [1.82, 2.24) is 0 Å². The number of ether oxygens (including phenoxy) is 3. The predicted molar refractivity (Wildman–Crippen MR) is 307 cm³/mol. The molecule has 0 aromatic carbocycles. The Labute approximate surface area is 443 Å². The van der Waals surface area contributed by atoms with Crippen molar-refractivity contribution in [1.29, 1.82) is 0 Å². The average molecular weight is 1000 g/mol. The highest BCUT2D eigenvalue weighted by molar-refractivity contribution is 5.71. The normalized spacial score (nSPS) is 12.0. The van der Waals surface area contributed by atoms with Gasteiger partial charge >= 0.3 is 17.9 Å². The van der Waals surface area contributed by atoms with Gasteiger partial charge in [-0.15, -0.1) is 0 Å². The average Bonchev–Trinajstić information content (AvgIpc) is 3.37. The van der Waals surface area contributed by atoms with Gasteiger partial charge in [-0.1, -0.05) is 315 Å². The minimum absolute atomic E-state index is 0.0671. The van der Waals surface area contributed by atoms with Gasteiger partial charge in [0.05, 0.1) is 0 Å². The molecule has 0 amide bonds. The number of hydrogen-bond donors (Lipinski definition) is 0. The molecule has 6 nitrogen and oxygen atoms in total. The van der Waals surface area contributed by atoms with Crippen LogP contribution in [0.3, 0.4) is 0 Å². The molecule has 0 spiro atoms. The Balaban J connectivity index is 4.16. The molecule has 0 saturated heterocycles. The van der Waals surface area contributed by atoms with E-state index in [0.717, 1.165) is 64.2 Å². The van der Waals surface area contributed by atoms with Gasteiger partial charge in [0.2, 0.25) is 0 Å². The molecule has 0 fully saturated rings. The third kappa shape index (κ3) is 58.9. The number of carbonyl (C=O) groups excluding carboxylic acids is 3. The Morgan fingerprint density at radius 1 is 0.268 bits per heavy atom. The summed E-state index contributed by atoms with van der Waals surface area (Å²) >= 11 is 0. The van der Waals surface area contributed by atoms with Crippen LogP contribution in [0.5, 0.6) is 0 Å². The molecule has 0 aromatic rings. The first kappa shape index (κ1) is 69.2. The number of unbranched alkanes of at least 4 members (excludes halogenated alkanes) is 47. The summed E-state index contributed by atoms with van der Waals surface area (Å²) in [6.45, 7) is 6.69. The van der Waals surface area contributed by atoms with Crippen LogP contribution >= 0.6 is 0 Å². The summed E-state index contributed by atoms with van der Waals surface area (Å²) in [6, 6.07) is 0. The Morgan fingerprint density at radius 3 is 0.704 bits per heavy atom. The summed E-state index contributed by atoms with van der Waals surface area (Å²) < 4.78 is 16.9. The molecule has 6 heteroatoms. The molecule has 0 aliphatic heterocycles. The van der Waals surface area contributed by atoms with Gasteiger partial charge in [0.15, 0.2) is 6.10 Å². The molecule has 420 valence electrons. The fourth-order valence-electron chi connectivity index (χ4n) is 9.91. The van der Waals surface area contributed by atoms with Gasteiger partial charge in [-0.3, -0.25) is 14.4 Å². The lowest BCUT2D eigenvalue weighted by atomic mass is 10.0. The molecule has 0 aliphatic carbocycles. The fraction of sp³-hybridized carbons (Fsp3) is 0.923. The second-order valence-electron chi connectivity index (χ2n) is 22.0. The van der Waals surface area contributed by atoms with Crippen molar-refractivity contribution in [2.75, 3.05) is 13.2 Å². The zero-order chi connectivity index (χ0) is 51.4. The van der Waals surface area contributed by atoms with Crippen LogP contribution in [0.25, 0.3) is 0 Å². The highest BCUT2D eigenvalue weighted by Crippen LogP contribution is 2.18. The van der Waals surface area contributed by atoms with E-state index in [1.54, 1.807) is 0 Å². The highest BCUT2D eigenvalue weighted by Gasteiger charge is 2.19. The van der Waals surface area contributed by atoms with Gasteiger partial charge in [0.25, 0.3) is 0 Å². The summed E-state index contributed by atoms with van der Waals surface area (Å²) in [6.07, 6.45) is 70.9. The molecule has 0 rings (SSSR count). The molecule has 0 aromatic heterocycles. The van der Waals surface area contributed by atoms with Crippen molar-refractivity contribution >= 4 is 17.9 Å². The number of allylic oxidation sites excluding steroid dienone is 2. The molecule has 0 radical (unpaired) electrons. The number of hydrogen-bond acceptors (Lipinski definition) is 6. The molecule has 0 bridgehead atoms. The lowest BCUT2D eigenvalue weighted by Gasteiger charge is -2.18. The van der Waals surface area contributed by atoms with E-state index in [2.05, 4.69) is 32.9 Å². The number of esters is 3. The lowest BCUT2D eigenvalue weighted by Crippen LogP contribution is -2.30. The topological polar surface area (TPSA) is 78.9 Å². The van der Waals surface area contributed by atoms with E-state index in [1.807, 2.05) is 0 Å². The van der Waals surface area contributed by atoms with Gasteiger partial charge in [-0.2, -0.15) is 0 Å². The van der Waals surface area contributed by atoms with Crippen LogP contribution in [0.4, 0.5) is 0 Å². The van der Waals surface area contributed by atoms with Crippen LogP contribution in [0.1, 0.15) is 367 Å². The van der Waals surface area contributed by atoms with E-state index in [4.69, 9.17) is 14.2 Å². The van der Waals surface area contributed by atoms with Gasteiger partial charge in [0, 0.05) is 19.3 Å². The van der Waals surface area contributed by atoms with Crippen molar-refractivity contribution in [2.24, 2.45) is 0 Å². The van der Waals surface area contributed by atoms with Gasteiger partial charge < -0.3 is 14.2 Å². The Hall–Kier alpha value is -1.85. The third-order valence-electron chi connectivity index (χ3n) is 14.8. The molecule has 0 heterocycles. The standard InChI is InChI=1S/C65H124O6/c1-4-7-10-13-16-19-22-25-27-28-29-30-31-32-33-34-35-36-37-38-41-43-46-49-52-55-58-64(67)70-61-62(60-69-63(66)57-54-51-48-45-42-39-24-21-18-15-12-9-6-3)71-65(68)59-56-53-50-47-44-40-26-23-20-17-14-11-8-5-2/h23,26,62H,4-22,24-25,27-61H2,1-3H3/b26-23-. The SMILES string of the molecule is CCCCCCC/C=C\CCCCCCCC(=O)OC(COC(=O)CCCCCCCCCCCCCCC)COC(=O)CCCCCCCCCCCCCCCCCCCCCCCCCCCC. The van der Waals surface area contributed by atoms with E-state index in [0.29, 0.717) is 19.3 Å². The number of rotatable bonds is 60. The van der Waals surface area contributed by atoms with Gasteiger partial charge in [0.1, 0.15) is 13.2 Å². The zero-order valence-corrected chi connectivity index (χ0v) is 48.3. The van der Waals surface area contributed by atoms with Crippen molar-refractivity contribution in [3.63, 3.8) is 0 Å². The molecular formula is C65H124O6. The second kappa shape index (κ2) is 60.7. The quantitative estimate of drug-likeness (QED) is 0.0261. The Bertz CT molecular complexity index is 1100. The van der Waals surface area contributed by atoms with Crippen molar-refractivity contribution in [3.05, 3.63) is 12.2 Å². The minimum Gasteiger partial charge on any atom is -0.462 e. The maximum atomic E-state index is 12.9. The summed E-state index contributed by atoms with van der Waals surface area (Å²) in [4.78, 5) is 38.2. The summed E-state index contributed by atoms with van der Waals surface area (Å²) in [5.74, 6) is -0.848. The maximum Gasteiger partial charge on any atom is 0.306 e. The highest BCUT2D eigenvalue weighted by atomic mass is 16.6. The molecule has 1 atom stereocenters. The first-order valence-corrected chi connectivity index (χ1v) is 32.2. The van der Waals surface area contributed by atoms with Crippen LogP contribution < -0.4 is 0 Å². The van der Waals surface area contributed by atoms with E-state index >= 15 is 0 Å². The predicted octanol–water partition coefficient (Wildman–Crippen LogP) is 21.7. The molecule has 1 unspecified atom stereocenters.